The first-order valence-electron chi connectivity index (χ1n) is 13.6. The molecule has 0 unspecified atom stereocenters. The Morgan fingerprint density at radius 3 is 2.07 bits per heavy atom. The van der Waals surface area contributed by atoms with Crippen molar-refractivity contribution in [3.05, 3.63) is 108 Å². The highest BCUT2D eigenvalue weighted by Gasteiger charge is 2.27. The van der Waals surface area contributed by atoms with Gasteiger partial charge in [0.2, 0.25) is 19.9 Å². The van der Waals surface area contributed by atoms with Crippen LogP contribution in [0.5, 0.6) is 11.5 Å². The zero-order valence-corrected chi connectivity index (χ0v) is 25.7. The van der Waals surface area contributed by atoms with Crippen molar-refractivity contribution in [2.24, 2.45) is 0 Å². The molecule has 11 heteroatoms. The number of amides is 1. The predicted octanol–water partition coefficient (Wildman–Crippen LogP) is 5.39. The van der Waals surface area contributed by atoms with Crippen LogP contribution in [0.2, 0.25) is 0 Å². The Labute approximate surface area is 252 Å². The van der Waals surface area contributed by atoms with Crippen molar-refractivity contribution in [3.63, 3.8) is 0 Å². The monoisotopic (exact) mass is 622 g/mol. The maximum atomic E-state index is 13.4. The number of hydrogen-bond acceptors (Lipinski definition) is 7. The van der Waals surface area contributed by atoms with Gasteiger partial charge in [-0.25, -0.2) is 21.6 Å². The van der Waals surface area contributed by atoms with Crippen LogP contribution >= 0.6 is 0 Å². The molecule has 0 aromatic heterocycles. The van der Waals surface area contributed by atoms with E-state index in [1.54, 1.807) is 24.3 Å². The first kappa shape index (κ1) is 31.7. The number of anilines is 1. The van der Waals surface area contributed by atoms with Gasteiger partial charge >= 0.3 is 0 Å². The number of benzene rings is 4. The summed E-state index contributed by atoms with van der Waals surface area (Å²) >= 11 is 0. The van der Waals surface area contributed by atoms with E-state index in [4.69, 9.17) is 0 Å². The summed E-state index contributed by atoms with van der Waals surface area (Å²) in [5.41, 5.74) is 1.04. The summed E-state index contributed by atoms with van der Waals surface area (Å²) in [6.45, 7) is 5.90. The van der Waals surface area contributed by atoms with Crippen molar-refractivity contribution in [2.45, 2.75) is 53.7 Å². The van der Waals surface area contributed by atoms with Crippen molar-refractivity contribution in [1.29, 1.82) is 0 Å². The van der Waals surface area contributed by atoms with Crippen molar-refractivity contribution in [2.75, 3.05) is 11.9 Å². The fourth-order valence-electron chi connectivity index (χ4n) is 4.51. The van der Waals surface area contributed by atoms with Gasteiger partial charge in [0, 0.05) is 18.3 Å². The number of sulfone groups is 1. The summed E-state index contributed by atoms with van der Waals surface area (Å²) < 4.78 is 55.1. The molecule has 0 radical (unpaired) electrons. The minimum atomic E-state index is -4.11. The van der Waals surface area contributed by atoms with Crippen LogP contribution in [0.15, 0.2) is 106 Å². The third-order valence-corrected chi connectivity index (χ3v) is 10.1. The molecule has 4 aromatic rings. The maximum absolute atomic E-state index is 13.4. The molecule has 0 heterocycles. The third kappa shape index (κ3) is 7.42. The largest absolute Gasteiger partial charge is 0.504 e. The molecule has 43 heavy (non-hydrogen) atoms. The Hall–Kier alpha value is -4.19. The van der Waals surface area contributed by atoms with E-state index in [1.165, 1.54) is 24.3 Å². The molecule has 1 amide bonds. The number of nitrogens with one attached hydrogen (secondary N) is 2. The van der Waals surface area contributed by atoms with E-state index in [-0.39, 0.29) is 22.0 Å². The first-order valence-corrected chi connectivity index (χ1v) is 16.5. The van der Waals surface area contributed by atoms with E-state index in [1.807, 2.05) is 51.1 Å². The summed E-state index contributed by atoms with van der Waals surface area (Å²) in [4.78, 5) is 12.8. The molecule has 0 spiro atoms. The molecule has 0 aliphatic heterocycles. The van der Waals surface area contributed by atoms with E-state index >= 15 is 0 Å². The van der Waals surface area contributed by atoms with Crippen LogP contribution in [0.25, 0.3) is 0 Å². The van der Waals surface area contributed by atoms with Crippen LogP contribution in [0, 0.1) is 0 Å². The third-order valence-electron chi connectivity index (χ3n) is 6.80. The molecule has 0 saturated carbocycles. The number of carbonyl (C=O) groups is 1. The van der Waals surface area contributed by atoms with Gasteiger partial charge in [0.1, 0.15) is 0 Å². The SMILES string of the molecule is CC(C)(C)c1ccccc1S(=O)(=O)c1ccc(NC(=O)c2cc(S(=O)(=O)NCCCc3ccccc3)cc(O)c2O)cc1. The number of rotatable bonds is 10. The van der Waals surface area contributed by atoms with Gasteiger partial charge in [-0.05, 0) is 65.8 Å². The topological polar surface area (TPSA) is 150 Å². The van der Waals surface area contributed by atoms with Crippen molar-refractivity contribution in [1.82, 2.24) is 4.72 Å². The van der Waals surface area contributed by atoms with E-state index < -0.39 is 53.1 Å². The normalized spacial score (nSPS) is 12.2. The fourth-order valence-corrected chi connectivity index (χ4v) is 7.30. The first-order chi connectivity index (χ1) is 20.2. The van der Waals surface area contributed by atoms with Crippen LogP contribution in [-0.4, -0.2) is 39.5 Å². The van der Waals surface area contributed by atoms with Crippen molar-refractivity contribution >= 4 is 31.5 Å². The van der Waals surface area contributed by atoms with Crippen LogP contribution in [0.3, 0.4) is 0 Å². The second-order valence-electron chi connectivity index (χ2n) is 11.1. The molecular formula is C32H34N2O7S2. The van der Waals surface area contributed by atoms with Crippen LogP contribution < -0.4 is 10.0 Å². The van der Waals surface area contributed by atoms with E-state index in [9.17, 15) is 31.8 Å². The second kappa shape index (κ2) is 12.6. The summed E-state index contributed by atoms with van der Waals surface area (Å²) in [7, 11) is -7.98. The number of phenols is 2. The lowest BCUT2D eigenvalue weighted by Gasteiger charge is -2.22. The summed E-state index contributed by atoms with van der Waals surface area (Å²) in [6.07, 6.45) is 1.18. The predicted molar refractivity (Wildman–Crippen MR) is 165 cm³/mol. The molecule has 0 aliphatic carbocycles. The molecule has 0 fully saturated rings. The molecule has 4 aromatic carbocycles. The number of carbonyl (C=O) groups excluding carboxylic acids is 1. The van der Waals surface area contributed by atoms with Crippen molar-refractivity contribution < 1.29 is 31.8 Å². The van der Waals surface area contributed by atoms with Gasteiger partial charge in [-0.2, -0.15) is 0 Å². The highest BCUT2D eigenvalue weighted by molar-refractivity contribution is 7.91. The molecule has 0 saturated heterocycles. The lowest BCUT2D eigenvalue weighted by atomic mass is 9.87. The zero-order chi connectivity index (χ0) is 31.4. The van der Waals surface area contributed by atoms with Crippen molar-refractivity contribution in [3.8, 4) is 11.5 Å². The number of phenolic OH excluding ortho intramolecular Hbond substituents is 2. The summed E-state index contributed by atoms with van der Waals surface area (Å²) in [5, 5.41) is 23.1. The van der Waals surface area contributed by atoms with Gasteiger partial charge in [-0.3, -0.25) is 4.79 Å². The Kier molecular flexibility index (Phi) is 9.29. The molecule has 4 rings (SSSR count). The van der Waals surface area contributed by atoms with Gasteiger partial charge in [0.05, 0.1) is 20.2 Å². The standard InChI is InChI=1S/C32H34N2O7S2/c1-32(2,3)27-13-7-8-14-29(27)42(38,39)24-17-15-23(16-18-24)34-31(37)26-20-25(21-28(35)30(26)36)43(40,41)33-19-9-12-22-10-5-4-6-11-22/h4-8,10-11,13-18,20-21,33,35-36H,9,12,19H2,1-3H3,(H,34,37). The molecule has 0 bridgehead atoms. The van der Waals surface area contributed by atoms with Crippen LogP contribution in [-0.2, 0) is 31.7 Å². The maximum Gasteiger partial charge on any atom is 0.259 e. The molecule has 4 N–H and O–H groups in total. The molecular weight excluding hydrogens is 588 g/mol. The quantitative estimate of drug-likeness (QED) is 0.137. The lowest BCUT2D eigenvalue weighted by molar-refractivity contribution is 0.102. The number of sulfonamides is 1. The number of hydrogen-bond donors (Lipinski definition) is 4. The minimum Gasteiger partial charge on any atom is -0.504 e. The summed E-state index contributed by atoms with van der Waals surface area (Å²) in [5.74, 6) is -2.47. The zero-order valence-electron chi connectivity index (χ0n) is 24.0. The van der Waals surface area contributed by atoms with Gasteiger partial charge in [-0.15, -0.1) is 0 Å². The molecule has 0 atom stereocenters. The van der Waals surface area contributed by atoms with E-state index in [2.05, 4.69) is 10.0 Å². The average Bonchev–Trinajstić information content (AvgIpc) is 2.97. The highest BCUT2D eigenvalue weighted by atomic mass is 32.2. The Balaban J connectivity index is 1.50. The Morgan fingerprint density at radius 2 is 1.42 bits per heavy atom. The van der Waals surface area contributed by atoms with Gasteiger partial charge in [0.15, 0.2) is 11.5 Å². The number of aromatic hydroxyl groups is 2. The molecule has 0 aliphatic rings. The Bertz CT molecular complexity index is 1830. The van der Waals surface area contributed by atoms with Crippen LogP contribution in [0.4, 0.5) is 5.69 Å². The Morgan fingerprint density at radius 1 is 0.791 bits per heavy atom. The molecule has 226 valence electrons. The van der Waals surface area contributed by atoms with E-state index in [0.717, 1.165) is 17.7 Å². The fraction of sp³-hybridized carbons (Fsp3) is 0.219. The van der Waals surface area contributed by atoms with Gasteiger partial charge < -0.3 is 15.5 Å². The average molecular weight is 623 g/mol. The minimum absolute atomic E-state index is 0.0223. The van der Waals surface area contributed by atoms with Gasteiger partial charge in [0.25, 0.3) is 5.91 Å². The number of aryl methyl sites for hydroxylation is 1. The molecule has 9 nitrogen and oxygen atoms in total. The smallest absolute Gasteiger partial charge is 0.259 e. The summed E-state index contributed by atoms with van der Waals surface area (Å²) in [6, 6.07) is 23.6. The second-order valence-corrected chi connectivity index (χ2v) is 14.7. The van der Waals surface area contributed by atoms with Gasteiger partial charge in [-0.1, -0.05) is 69.3 Å². The van der Waals surface area contributed by atoms with E-state index in [0.29, 0.717) is 18.4 Å². The lowest BCUT2D eigenvalue weighted by Crippen LogP contribution is -2.25. The van der Waals surface area contributed by atoms with Crippen LogP contribution in [0.1, 0.15) is 48.7 Å². The highest BCUT2D eigenvalue weighted by Crippen LogP contribution is 2.34.